The van der Waals surface area contributed by atoms with Crippen molar-refractivity contribution >= 4 is 11.5 Å². The van der Waals surface area contributed by atoms with Crippen LogP contribution in [-0.2, 0) is 4.79 Å². The molecule has 14 heavy (non-hydrogen) atoms. The molecule has 0 saturated carbocycles. The molecule has 0 radical (unpaired) electrons. The van der Waals surface area contributed by atoms with Crippen LogP contribution >= 0.6 is 0 Å². The summed E-state index contributed by atoms with van der Waals surface area (Å²) in [6.07, 6.45) is 0. The summed E-state index contributed by atoms with van der Waals surface area (Å²) < 4.78 is 12.6. The smallest absolute Gasteiger partial charge is 0.244 e. The van der Waals surface area contributed by atoms with Crippen LogP contribution in [0.1, 0.15) is 19.4 Å². The number of benzene rings is 1. The third-order valence-electron chi connectivity index (χ3n) is 2.21. The summed E-state index contributed by atoms with van der Waals surface area (Å²) in [6, 6.07) is 5.95. The largest absolute Gasteiger partial charge is 0.366 e. The molecule has 2 nitrogen and oxygen atoms in total. The highest BCUT2D eigenvalue weighted by molar-refractivity contribution is 5.99. The predicted octanol–water partition coefficient (Wildman–Crippen LogP) is 2.10. The Morgan fingerprint density at radius 2 is 1.71 bits per heavy atom. The molecule has 2 N–H and O–H groups in total. The molecule has 0 heterocycles. The number of hydrogen-bond donors (Lipinski definition) is 1. The lowest BCUT2D eigenvalue weighted by Gasteiger charge is -2.04. The van der Waals surface area contributed by atoms with Crippen molar-refractivity contribution in [1.82, 2.24) is 0 Å². The molecule has 0 aliphatic carbocycles. The molecule has 0 spiro atoms. The van der Waals surface area contributed by atoms with E-state index in [4.69, 9.17) is 5.73 Å². The van der Waals surface area contributed by atoms with Gasteiger partial charge in [-0.3, -0.25) is 4.79 Å². The first-order valence-electron chi connectivity index (χ1n) is 4.25. The fourth-order valence-electron chi connectivity index (χ4n) is 1.10. The normalized spacial score (nSPS) is 12.2. The van der Waals surface area contributed by atoms with Gasteiger partial charge in [0.2, 0.25) is 5.91 Å². The topological polar surface area (TPSA) is 43.1 Å². The van der Waals surface area contributed by atoms with Crippen molar-refractivity contribution in [2.75, 3.05) is 0 Å². The standard InChI is InChI=1S/C11H12FNO/c1-7(8(2)11(13)14)9-3-5-10(12)6-4-9/h3-6H,1-2H3,(H2,13,14). The Kier molecular flexibility index (Phi) is 3.02. The zero-order chi connectivity index (χ0) is 10.7. The second-order valence-corrected chi connectivity index (χ2v) is 3.12. The lowest BCUT2D eigenvalue weighted by molar-refractivity contribution is -0.114. The van der Waals surface area contributed by atoms with Crippen LogP contribution in [0.3, 0.4) is 0 Å². The van der Waals surface area contributed by atoms with Gasteiger partial charge < -0.3 is 5.73 Å². The van der Waals surface area contributed by atoms with Gasteiger partial charge in [0, 0.05) is 5.57 Å². The Labute approximate surface area is 82.2 Å². The van der Waals surface area contributed by atoms with E-state index < -0.39 is 5.91 Å². The van der Waals surface area contributed by atoms with E-state index >= 15 is 0 Å². The van der Waals surface area contributed by atoms with E-state index in [1.165, 1.54) is 12.1 Å². The molecular weight excluding hydrogens is 181 g/mol. The molecule has 0 aliphatic rings. The van der Waals surface area contributed by atoms with E-state index in [2.05, 4.69) is 0 Å². The fraction of sp³-hybridized carbons (Fsp3) is 0.182. The molecule has 0 fully saturated rings. The molecule has 0 bridgehead atoms. The van der Waals surface area contributed by atoms with E-state index in [1.807, 2.05) is 0 Å². The molecule has 0 saturated heterocycles. The van der Waals surface area contributed by atoms with Crippen LogP contribution in [0.25, 0.3) is 5.57 Å². The number of carbonyl (C=O) groups is 1. The summed E-state index contributed by atoms with van der Waals surface area (Å²) in [5.74, 6) is -0.745. The Hall–Kier alpha value is -1.64. The summed E-state index contributed by atoms with van der Waals surface area (Å²) in [7, 11) is 0. The number of rotatable bonds is 2. The van der Waals surface area contributed by atoms with Crippen LogP contribution in [0, 0.1) is 5.82 Å². The molecule has 74 valence electrons. The molecule has 1 aromatic rings. The second kappa shape index (κ2) is 4.05. The van der Waals surface area contributed by atoms with Gasteiger partial charge in [-0.25, -0.2) is 4.39 Å². The lowest BCUT2D eigenvalue weighted by Crippen LogP contribution is -2.12. The minimum absolute atomic E-state index is 0.293. The molecule has 0 aliphatic heterocycles. The second-order valence-electron chi connectivity index (χ2n) is 3.12. The van der Waals surface area contributed by atoms with E-state index in [-0.39, 0.29) is 5.82 Å². The van der Waals surface area contributed by atoms with Gasteiger partial charge in [0.15, 0.2) is 0 Å². The SMILES string of the molecule is CC(C(N)=O)=C(C)c1ccc(F)cc1. The van der Waals surface area contributed by atoms with E-state index in [9.17, 15) is 9.18 Å². The van der Waals surface area contributed by atoms with Gasteiger partial charge in [-0.2, -0.15) is 0 Å². The maximum Gasteiger partial charge on any atom is 0.244 e. The van der Waals surface area contributed by atoms with Crippen LogP contribution < -0.4 is 5.73 Å². The number of primary amides is 1. The Morgan fingerprint density at radius 3 is 2.14 bits per heavy atom. The molecule has 1 rings (SSSR count). The van der Waals surface area contributed by atoms with Crippen LogP contribution in [0.5, 0.6) is 0 Å². The van der Waals surface area contributed by atoms with E-state index in [1.54, 1.807) is 26.0 Å². The average molecular weight is 193 g/mol. The lowest BCUT2D eigenvalue weighted by atomic mass is 10.0. The van der Waals surface area contributed by atoms with E-state index in [0.717, 1.165) is 11.1 Å². The van der Waals surface area contributed by atoms with Crippen molar-refractivity contribution in [3.05, 3.63) is 41.2 Å². The number of allylic oxidation sites excluding steroid dienone is 1. The highest BCUT2D eigenvalue weighted by Crippen LogP contribution is 2.17. The van der Waals surface area contributed by atoms with Gasteiger partial charge in [0.25, 0.3) is 0 Å². The maximum atomic E-state index is 12.6. The van der Waals surface area contributed by atoms with Gasteiger partial charge in [-0.05, 0) is 37.1 Å². The fourth-order valence-corrected chi connectivity index (χ4v) is 1.10. The summed E-state index contributed by atoms with van der Waals surface area (Å²) in [6.45, 7) is 3.44. The Morgan fingerprint density at radius 1 is 1.21 bits per heavy atom. The summed E-state index contributed by atoms with van der Waals surface area (Å²) >= 11 is 0. The number of halogens is 1. The van der Waals surface area contributed by atoms with Gasteiger partial charge in [0.1, 0.15) is 5.82 Å². The van der Waals surface area contributed by atoms with Crippen LogP contribution in [0.2, 0.25) is 0 Å². The number of hydrogen-bond acceptors (Lipinski definition) is 1. The summed E-state index contributed by atoms with van der Waals surface area (Å²) in [5.41, 5.74) is 7.21. The average Bonchev–Trinajstić information content (AvgIpc) is 2.16. The van der Waals surface area contributed by atoms with Crippen molar-refractivity contribution in [2.24, 2.45) is 5.73 Å². The van der Waals surface area contributed by atoms with Crippen molar-refractivity contribution in [2.45, 2.75) is 13.8 Å². The third kappa shape index (κ3) is 2.19. The van der Waals surface area contributed by atoms with Crippen molar-refractivity contribution in [3.8, 4) is 0 Å². The zero-order valence-electron chi connectivity index (χ0n) is 8.17. The molecular formula is C11H12FNO. The molecule has 0 unspecified atom stereocenters. The van der Waals surface area contributed by atoms with Crippen LogP contribution in [0.15, 0.2) is 29.8 Å². The number of carbonyl (C=O) groups excluding carboxylic acids is 1. The monoisotopic (exact) mass is 193 g/mol. The molecule has 1 amide bonds. The number of amides is 1. The molecule has 0 aromatic heterocycles. The van der Waals surface area contributed by atoms with Gasteiger partial charge >= 0.3 is 0 Å². The predicted molar refractivity (Wildman–Crippen MR) is 53.9 cm³/mol. The summed E-state index contributed by atoms with van der Waals surface area (Å²) in [5, 5.41) is 0. The first-order valence-corrected chi connectivity index (χ1v) is 4.25. The van der Waals surface area contributed by atoms with Crippen molar-refractivity contribution < 1.29 is 9.18 Å². The minimum atomic E-state index is -0.452. The maximum absolute atomic E-state index is 12.6. The van der Waals surface area contributed by atoms with Gasteiger partial charge in [-0.1, -0.05) is 12.1 Å². The Bertz CT molecular complexity index is 379. The first-order chi connectivity index (χ1) is 6.52. The van der Waals surface area contributed by atoms with E-state index in [0.29, 0.717) is 5.57 Å². The van der Waals surface area contributed by atoms with Gasteiger partial charge in [-0.15, -0.1) is 0 Å². The molecule has 1 aromatic carbocycles. The third-order valence-corrected chi connectivity index (χ3v) is 2.21. The Balaban J connectivity index is 3.12. The first kappa shape index (κ1) is 10.4. The summed E-state index contributed by atoms with van der Waals surface area (Å²) in [4.78, 5) is 10.9. The minimum Gasteiger partial charge on any atom is -0.366 e. The molecule has 3 heteroatoms. The van der Waals surface area contributed by atoms with Crippen molar-refractivity contribution in [3.63, 3.8) is 0 Å². The van der Waals surface area contributed by atoms with Crippen LogP contribution in [0.4, 0.5) is 4.39 Å². The van der Waals surface area contributed by atoms with Crippen molar-refractivity contribution in [1.29, 1.82) is 0 Å². The highest BCUT2D eigenvalue weighted by Gasteiger charge is 2.04. The number of nitrogens with two attached hydrogens (primary N) is 1. The van der Waals surface area contributed by atoms with Crippen LogP contribution in [-0.4, -0.2) is 5.91 Å². The zero-order valence-corrected chi connectivity index (χ0v) is 8.17. The van der Waals surface area contributed by atoms with Gasteiger partial charge in [0.05, 0.1) is 0 Å². The quantitative estimate of drug-likeness (QED) is 0.718. The highest BCUT2D eigenvalue weighted by atomic mass is 19.1. The molecule has 0 atom stereocenters.